The van der Waals surface area contributed by atoms with Crippen LogP contribution in [-0.4, -0.2) is 29.5 Å². The molecule has 2 atom stereocenters. The van der Waals surface area contributed by atoms with Gasteiger partial charge in [0.15, 0.2) is 11.7 Å². The number of oxazole rings is 1. The summed E-state index contributed by atoms with van der Waals surface area (Å²) in [5.74, 6) is 1.47. The smallest absolute Gasteiger partial charge is 0.220 e. The lowest BCUT2D eigenvalue weighted by molar-refractivity contribution is -0.122. The van der Waals surface area contributed by atoms with Gasteiger partial charge in [0.25, 0.3) is 0 Å². The predicted octanol–water partition coefficient (Wildman–Crippen LogP) is 2.84. The Morgan fingerprint density at radius 2 is 2.17 bits per heavy atom. The van der Waals surface area contributed by atoms with Crippen molar-refractivity contribution in [1.29, 1.82) is 0 Å². The Bertz CT molecular complexity index is 681. The lowest BCUT2D eigenvalue weighted by Gasteiger charge is -2.30. The van der Waals surface area contributed by atoms with E-state index in [1.54, 1.807) is 0 Å². The Hall–Kier alpha value is -2.14. The number of rotatable bonds is 5. The predicted molar refractivity (Wildman–Crippen MR) is 93.6 cm³/mol. The largest absolute Gasteiger partial charge is 0.440 e. The molecule has 1 aromatic heterocycles. The monoisotopic (exact) mass is 327 g/mol. The summed E-state index contributed by atoms with van der Waals surface area (Å²) < 4.78 is 5.86. The van der Waals surface area contributed by atoms with E-state index >= 15 is 0 Å². The zero-order valence-corrected chi connectivity index (χ0v) is 14.3. The molecular formula is C19H25N3O2. The number of benzene rings is 1. The summed E-state index contributed by atoms with van der Waals surface area (Å²) in [6.07, 6.45) is 3.07. The molecule has 5 heteroatoms. The Kier molecular flexibility index (Phi) is 5.30. The Balaban J connectivity index is 1.56. The molecule has 2 aromatic rings. The number of carbonyl (C=O) groups is 1. The SMILES string of the molecule is Cc1nc(CCC(=O)NC2CCCNC2C)oc1-c1ccccc1. The van der Waals surface area contributed by atoms with Crippen LogP contribution in [0.4, 0.5) is 0 Å². The number of hydrogen-bond acceptors (Lipinski definition) is 4. The van der Waals surface area contributed by atoms with Gasteiger partial charge in [-0.15, -0.1) is 0 Å². The van der Waals surface area contributed by atoms with E-state index < -0.39 is 0 Å². The molecule has 1 aromatic carbocycles. The number of hydrogen-bond donors (Lipinski definition) is 2. The molecule has 0 spiro atoms. The van der Waals surface area contributed by atoms with Gasteiger partial charge in [0.05, 0.1) is 5.69 Å². The van der Waals surface area contributed by atoms with Gasteiger partial charge in [-0.05, 0) is 33.2 Å². The third kappa shape index (κ3) is 4.03. The van der Waals surface area contributed by atoms with Crippen LogP contribution >= 0.6 is 0 Å². The van der Waals surface area contributed by atoms with E-state index in [0.29, 0.717) is 24.8 Å². The molecule has 1 aliphatic heterocycles. The van der Waals surface area contributed by atoms with Crippen molar-refractivity contribution in [2.24, 2.45) is 0 Å². The van der Waals surface area contributed by atoms with Crippen LogP contribution in [0.3, 0.4) is 0 Å². The number of aryl methyl sites for hydroxylation is 2. The van der Waals surface area contributed by atoms with Crippen molar-refractivity contribution in [2.45, 2.75) is 51.6 Å². The first kappa shape index (κ1) is 16.7. The minimum Gasteiger partial charge on any atom is -0.440 e. The van der Waals surface area contributed by atoms with Gasteiger partial charge in [-0.3, -0.25) is 4.79 Å². The second kappa shape index (κ2) is 7.62. The summed E-state index contributed by atoms with van der Waals surface area (Å²) in [5, 5.41) is 6.52. The molecule has 2 unspecified atom stereocenters. The summed E-state index contributed by atoms with van der Waals surface area (Å²) in [6, 6.07) is 10.5. The van der Waals surface area contributed by atoms with E-state index in [-0.39, 0.29) is 11.9 Å². The van der Waals surface area contributed by atoms with Gasteiger partial charge >= 0.3 is 0 Å². The molecule has 24 heavy (non-hydrogen) atoms. The van der Waals surface area contributed by atoms with Crippen LogP contribution in [0.5, 0.6) is 0 Å². The first-order valence-electron chi connectivity index (χ1n) is 8.68. The highest BCUT2D eigenvalue weighted by Gasteiger charge is 2.22. The third-order valence-corrected chi connectivity index (χ3v) is 4.55. The summed E-state index contributed by atoms with van der Waals surface area (Å²) in [4.78, 5) is 16.6. The molecule has 2 N–H and O–H groups in total. The van der Waals surface area contributed by atoms with Crippen molar-refractivity contribution in [2.75, 3.05) is 6.54 Å². The van der Waals surface area contributed by atoms with E-state index in [1.807, 2.05) is 37.3 Å². The van der Waals surface area contributed by atoms with Crippen molar-refractivity contribution >= 4 is 5.91 Å². The van der Waals surface area contributed by atoms with Crippen LogP contribution in [0.2, 0.25) is 0 Å². The number of nitrogens with one attached hydrogen (secondary N) is 2. The van der Waals surface area contributed by atoms with E-state index in [2.05, 4.69) is 22.5 Å². The molecule has 2 heterocycles. The van der Waals surface area contributed by atoms with Gasteiger partial charge in [0.1, 0.15) is 0 Å². The molecule has 5 nitrogen and oxygen atoms in total. The highest BCUT2D eigenvalue weighted by molar-refractivity contribution is 5.76. The summed E-state index contributed by atoms with van der Waals surface area (Å²) in [5.41, 5.74) is 1.88. The van der Waals surface area contributed by atoms with Crippen LogP contribution in [-0.2, 0) is 11.2 Å². The molecule has 0 aliphatic carbocycles. The van der Waals surface area contributed by atoms with Crippen molar-refractivity contribution in [1.82, 2.24) is 15.6 Å². The second-order valence-corrected chi connectivity index (χ2v) is 6.45. The first-order chi connectivity index (χ1) is 11.6. The van der Waals surface area contributed by atoms with Crippen molar-refractivity contribution < 1.29 is 9.21 Å². The topological polar surface area (TPSA) is 67.2 Å². The molecule has 0 radical (unpaired) electrons. The zero-order chi connectivity index (χ0) is 16.9. The standard InChI is InChI=1S/C19H25N3O2/c1-13-16(9-6-12-20-13)22-17(23)10-11-18-21-14(2)19(24-18)15-7-4-3-5-8-15/h3-5,7-8,13,16,20H,6,9-12H2,1-2H3,(H,22,23). The third-order valence-electron chi connectivity index (χ3n) is 4.55. The highest BCUT2D eigenvalue weighted by atomic mass is 16.4. The van der Waals surface area contributed by atoms with Crippen LogP contribution in [0.1, 0.15) is 37.8 Å². The molecule has 1 fully saturated rings. The number of aromatic nitrogens is 1. The fourth-order valence-electron chi connectivity index (χ4n) is 3.16. The van der Waals surface area contributed by atoms with E-state index in [9.17, 15) is 4.79 Å². The fourth-order valence-corrected chi connectivity index (χ4v) is 3.16. The maximum absolute atomic E-state index is 12.2. The first-order valence-corrected chi connectivity index (χ1v) is 8.68. The van der Waals surface area contributed by atoms with Gasteiger partial charge in [-0.25, -0.2) is 4.98 Å². The van der Waals surface area contributed by atoms with Gasteiger partial charge in [-0.1, -0.05) is 30.3 Å². The lowest BCUT2D eigenvalue weighted by Crippen LogP contribution is -2.51. The molecule has 0 bridgehead atoms. The van der Waals surface area contributed by atoms with Crippen LogP contribution in [0, 0.1) is 6.92 Å². The van der Waals surface area contributed by atoms with Crippen molar-refractivity contribution in [3.05, 3.63) is 41.9 Å². The summed E-state index contributed by atoms with van der Waals surface area (Å²) in [7, 11) is 0. The molecule has 0 saturated carbocycles. The van der Waals surface area contributed by atoms with Gasteiger partial charge in [0.2, 0.25) is 5.91 Å². The second-order valence-electron chi connectivity index (χ2n) is 6.45. The highest BCUT2D eigenvalue weighted by Crippen LogP contribution is 2.24. The minimum absolute atomic E-state index is 0.0627. The summed E-state index contributed by atoms with van der Waals surface area (Å²) >= 11 is 0. The number of nitrogens with zero attached hydrogens (tertiary/aromatic N) is 1. The van der Waals surface area contributed by atoms with Crippen LogP contribution in [0.15, 0.2) is 34.7 Å². The number of carbonyl (C=O) groups excluding carboxylic acids is 1. The minimum atomic E-state index is 0.0627. The molecular weight excluding hydrogens is 302 g/mol. The van der Waals surface area contributed by atoms with Gasteiger partial charge in [-0.2, -0.15) is 0 Å². The Morgan fingerprint density at radius 3 is 2.92 bits per heavy atom. The van der Waals surface area contributed by atoms with Crippen LogP contribution in [0.25, 0.3) is 11.3 Å². The quantitative estimate of drug-likeness (QED) is 0.886. The number of piperidine rings is 1. The molecule has 1 aliphatic rings. The lowest BCUT2D eigenvalue weighted by atomic mass is 10.00. The van der Waals surface area contributed by atoms with E-state index in [4.69, 9.17) is 4.42 Å². The van der Waals surface area contributed by atoms with Crippen LogP contribution < -0.4 is 10.6 Å². The Morgan fingerprint density at radius 1 is 1.38 bits per heavy atom. The zero-order valence-electron chi connectivity index (χ0n) is 14.3. The van der Waals surface area contributed by atoms with E-state index in [1.165, 1.54) is 0 Å². The van der Waals surface area contributed by atoms with Crippen molar-refractivity contribution in [3.8, 4) is 11.3 Å². The normalized spacial score (nSPS) is 20.8. The maximum atomic E-state index is 12.2. The van der Waals surface area contributed by atoms with Gasteiger partial charge in [0, 0.05) is 30.5 Å². The molecule has 128 valence electrons. The van der Waals surface area contributed by atoms with Gasteiger partial charge < -0.3 is 15.1 Å². The molecule has 1 amide bonds. The Labute approximate surface area is 142 Å². The molecule has 1 saturated heterocycles. The average molecular weight is 327 g/mol. The fraction of sp³-hybridized carbons (Fsp3) is 0.474. The van der Waals surface area contributed by atoms with E-state index in [0.717, 1.165) is 36.4 Å². The number of amides is 1. The van der Waals surface area contributed by atoms with Crippen molar-refractivity contribution in [3.63, 3.8) is 0 Å². The molecule has 3 rings (SSSR count). The average Bonchev–Trinajstić information content (AvgIpc) is 2.97. The summed E-state index contributed by atoms with van der Waals surface area (Å²) in [6.45, 7) is 5.09. The maximum Gasteiger partial charge on any atom is 0.220 e.